The Balaban J connectivity index is 2.12. The largest absolute Gasteiger partial charge is 0.457 e. The Hall–Kier alpha value is -1.46. The van der Waals surface area contributed by atoms with Crippen molar-refractivity contribution in [2.45, 2.75) is 69.3 Å². The van der Waals surface area contributed by atoms with Crippen molar-refractivity contribution in [3.05, 3.63) is 47.7 Å². The predicted molar refractivity (Wildman–Crippen MR) is 101 cm³/mol. The summed E-state index contributed by atoms with van der Waals surface area (Å²) in [6.45, 7) is 9.79. The van der Waals surface area contributed by atoms with Gasteiger partial charge in [-0.05, 0) is 12.0 Å². The molecule has 0 spiro atoms. The fourth-order valence-electron chi connectivity index (χ4n) is 2.76. The molecule has 25 heavy (non-hydrogen) atoms. The molecule has 0 unspecified atom stereocenters. The van der Waals surface area contributed by atoms with E-state index in [1.807, 2.05) is 18.2 Å². The molecular weight excluding hydrogens is 336 g/mol. The van der Waals surface area contributed by atoms with Gasteiger partial charge < -0.3 is 14.6 Å². The van der Waals surface area contributed by atoms with Gasteiger partial charge in [-0.25, -0.2) is 4.79 Å². The lowest BCUT2D eigenvalue weighted by Gasteiger charge is -2.33. The van der Waals surface area contributed by atoms with E-state index in [1.54, 1.807) is 25.6 Å². The number of aliphatic hydroxyl groups is 1. The van der Waals surface area contributed by atoms with E-state index in [4.69, 9.17) is 9.47 Å². The van der Waals surface area contributed by atoms with Crippen molar-refractivity contribution in [3.8, 4) is 0 Å². The van der Waals surface area contributed by atoms with Crippen LogP contribution in [-0.4, -0.2) is 33.0 Å². The second-order valence-electron chi connectivity index (χ2n) is 7.76. The molecule has 1 aromatic carbocycles. The summed E-state index contributed by atoms with van der Waals surface area (Å²) in [5.74, 6) is -0.949. The first-order valence-electron chi connectivity index (χ1n) is 8.56. The second-order valence-corrected chi connectivity index (χ2v) is 9.83. The lowest BCUT2D eigenvalue weighted by molar-refractivity contribution is -0.206. The molecule has 0 saturated heterocycles. The molecule has 2 rings (SSSR count). The summed E-state index contributed by atoms with van der Waals surface area (Å²) in [6, 6.07) is 10.1. The summed E-state index contributed by atoms with van der Waals surface area (Å²) in [7, 11) is 0. The van der Waals surface area contributed by atoms with Crippen molar-refractivity contribution in [3.63, 3.8) is 0 Å². The molecule has 2 atom stereocenters. The van der Waals surface area contributed by atoms with Crippen LogP contribution in [0.4, 0.5) is 0 Å². The van der Waals surface area contributed by atoms with E-state index in [-0.39, 0.29) is 10.00 Å². The van der Waals surface area contributed by atoms with Crippen molar-refractivity contribution >= 4 is 17.7 Å². The molecule has 5 heteroatoms. The average Bonchev–Trinajstić information content (AvgIpc) is 2.44. The van der Waals surface area contributed by atoms with Gasteiger partial charge in [-0.1, -0.05) is 51.1 Å². The maximum Gasteiger partial charge on any atom is 0.337 e. The van der Waals surface area contributed by atoms with E-state index in [0.717, 1.165) is 6.42 Å². The monoisotopic (exact) mass is 364 g/mol. The fraction of sp³-hybridized carbons (Fsp3) is 0.550. The van der Waals surface area contributed by atoms with Crippen molar-refractivity contribution < 1.29 is 19.4 Å². The fourth-order valence-corrected chi connectivity index (χ4v) is 4.20. The molecule has 1 aliphatic rings. The molecule has 1 heterocycles. The quantitative estimate of drug-likeness (QED) is 0.771. The van der Waals surface area contributed by atoms with Crippen LogP contribution in [-0.2, 0) is 20.7 Å². The maximum atomic E-state index is 11.7. The van der Waals surface area contributed by atoms with Crippen molar-refractivity contribution in [1.82, 2.24) is 0 Å². The van der Waals surface area contributed by atoms with Crippen molar-refractivity contribution in [2.75, 3.05) is 0 Å². The number of thioether (sulfide) groups is 1. The molecule has 0 aliphatic carbocycles. The number of hydrogen-bond acceptors (Lipinski definition) is 5. The number of ether oxygens (including phenoxy) is 2. The van der Waals surface area contributed by atoms with E-state index in [0.29, 0.717) is 12.2 Å². The number of esters is 1. The van der Waals surface area contributed by atoms with Crippen LogP contribution in [0.3, 0.4) is 0 Å². The lowest BCUT2D eigenvalue weighted by atomic mass is 10.0. The third-order valence-electron chi connectivity index (χ3n) is 3.63. The Morgan fingerprint density at radius 3 is 2.32 bits per heavy atom. The highest BCUT2D eigenvalue weighted by atomic mass is 32.2. The zero-order chi connectivity index (χ0) is 18.7. The minimum absolute atomic E-state index is 0.00652. The Labute approximate surface area is 154 Å². The van der Waals surface area contributed by atoms with Gasteiger partial charge in [-0.2, -0.15) is 0 Å². The number of carbonyl (C=O) groups is 1. The van der Waals surface area contributed by atoms with Crippen LogP contribution < -0.4 is 0 Å². The maximum absolute atomic E-state index is 11.7. The van der Waals surface area contributed by atoms with Gasteiger partial charge in [-0.3, -0.25) is 0 Å². The normalized spacial score (nSPS) is 19.4. The first kappa shape index (κ1) is 19.9. The first-order chi connectivity index (χ1) is 11.5. The highest BCUT2D eigenvalue weighted by molar-refractivity contribution is 8.01. The number of aliphatic hydroxyl groups excluding tert-OH is 1. The number of carbonyl (C=O) groups excluding carboxylic acids is 1. The molecule has 138 valence electrons. The van der Waals surface area contributed by atoms with E-state index in [1.165, 1.54) is 11.6 Å². The molecule has 1 aromatic rings. The molecule has 0 fully saturated rings. The zero-order valence-electron chi connectivity index (χ0n) is 15.6. The minimum Gasteiger partial charge on any atom is -0.457 e. The Kier molecular flexibility index (Phi) is 6.22. The van der Waals surface area contributed by atoms with Gasteiger partial charge in [0.25, 0.3) is 0 Å². The Morgan fingerprint density at radius 1 is 1.12 bits per heavy atom. The van der Waals surface area contributed by atoms with Crippen LogP contribution in [0.1, 0.15) is 46.6 Å². The SMILES string of the molecule is CC1(C)OC(=O)C=C(C[C@@H](O)[C@H](Cc2ccccc2)SC(C)(C)C)O1. The molecule has 0 aromatic heterocycles. The van der Waals surface area contributed by atoms with Gasteiger partial charge in [0.15, 0.2) is 0 Å². The average molecular weight is 365 g/mol. The molecule has 0 saturated carbocycles. The topological polar surface area (TPSA) is 55.8 Å². The molecule has 0 radical (unpaired) electrons. The molecule has 1 aliphatic heterocycles. The summed E-state index contributed by atoms with van der Waals surface area (Å²) in [4.78, 5) is 11.7. The predicted octanol–water partition coefficient (Wildman–Crippen LogP) is 4.07. The summed E-state index contributed by atoms with van der Waals surface area (Å²) in [6.07, 6.45) is 1.75. The van der Waals surface area contributed by atoms with E-state index in [2.05, 4.69) is 32.9 Å². The molecule has 0 bridgehead atoms. The first-order valence-corrected chi connectivity index (χ1v) is 9.44. The van der Waals surface area contributed by atoms with E-state index < -0.39 is 17.9 Å². The van der Waals surface area contributed by atoms with Crippen LogP contribution in [0.15, 0.2) is 42.2 Å². The van der Waals surface area contributed by atoms with Gasteiger partial charge in [0, 0.05) is 30.3 Å². The highest BCUT2D eigenvalue weighted by Crippen LogP contribution is 2.35. The van der Waals surface area contributed by atoms with Crippen LogP contribution in [0.5, 0.6) is 0 Å². The van der Waals surface area contributed by atoms with Gasteiger partial charge in [0.1, 0.15) is 5.76 Å². The lowest BCUT2D eigenvalue weighted by Crippen LogP contribution is -2.37. The Morgan fingerprint density at radius 2 is 1.76 bits per heavy atom. The number of rotatable bonds is 6. The van der Waals surface area contributed by atoms with Crippen LogP contribution in [0.2, 0.25) is 0 Å². The van der Waals surface area contributed by atoms with E-state index >= 15 is 0 Å². The third-order valence-corrected chi connectivity index (χ3v) is 5.12. The summed E-state index contributed by atoms with van der Waals surface area (Å²) < 4.78 is 10.8. The van der Waals surface area contributed by atoms with E-state index in [9.17, 15) is 9.90 Å². The second kappa shape index (κ2) is 7.83. The molecule has 1 N–H and O–H groups in total. The highest BCUT2D eigenvalue weighted by Gasteiger charge is 2.33. The molecule has 0 amide bonds. The van der Waals surface area contributed by atoms with Crippen LogP contribution in [0.25, 0.3) is 0 Å². The minimum atomic E-state index is -0.993. The molecular formula is C20H28O4S. The van der Waals surface area contributed by atoms with Gasteiger partial charge in [-0.15, -0.1) is 11.8 Å². The van der Waals surface area contributed by atoms with Crippen LogP contribution >= 0.6 is 11.8 Å². The van der Waals surface area contributed by atoms with Crippen LogP contribution in [0, 0.1) is 0 Å². The molecule has 4 nitrogen and oxygen atoms in total. The zero-order valence-corrected chi connectivity index (χ0v) is 16.4. The van der Waals surface area contributed by atoms with Crippen molar-refractivity contribution in [2.24, 2.45) is 0 Å². The third kappa shape index (κ3) is 6.75. The number of cyclic esters (lactones) is 1. The standard InChI is InChI=1S/C20H28O4S/c1-19(2,3)25-17(11-14-9-7-6-8-10-14)16(21)12-15-13-18(22)24-20(4,5)23-15/h6-10,13,16-17,21H,11-12H2,1-5H3/t16-,17+/m1/s1. The smallest absolute Gasteiger partial charge is 0.337 e. The van der Waals surface area contributed by atoms with Crippen molar-refractivity contribution in [1.29, 1.82) is 0 Å². The Bertz CT molecular complexity index is 616. The summed E-state index contributed by atoms with van der Waals surface area (Å²) in [5.41, 5.74) is 1.18. The number of benzene rings is 1. The van der Waals surface area contributed by atoms with Gasteiger partial charge in [0.2, 0.25) is 5.79 Å². The summed E-state index contributed by atoms with van der Waals surface area (Å²) in [5, 5.41) is 10.8. The summed E-state index contributed by atoms with van der Waals surface area (Å²) >= 11 is 1.75. The van der Waals surface area contributed by atoms with Gasteiger partial charge in [0.05, 0.1) is 12.2 Å². The number of hydrogen-bond donors (Lipinski definition) is 1. The van der Waals surface area contributed by atoms with Gasteiger partial charge >= 0.3 is 5.97 Å².